The lowest BCUT2D eigenvalue weighted by atomic mass is 10.2. The minimum Gasteiger partial charge on any atom is -0.497 e. The monoisotopic (exact) mass is 550 g/mol. The zero-order valence-electron chi connectivity index (χ0n) is 20.8. The van der Waals surface area contributed by atoms with Crippen molar-refractivity contribution in [1.82, 2.24) is 9.47 Å². The van der Waals surface area contributed by atoms with Crippen LogP contribution in [-0.2, 0) is 11.3 Å². The number of likely N-dealkylation sites (N-methyl/N-ethyl adjacent to an activating group) is 1. The van der Waals surface area contributed by atoms with Crippen LogP contribution in [0, 0.1) is 0 Å². The van der Waals surface area contributed by atoms with Crippen LogP contribution in [0.4, 0.5) is 11.4 Å². The summed E-state index contributed by atoms with van der Waals surface area (Å²) in [7, 11) is 1.64. The first-order chi connectivity index (χ1) is 17.9. The number of anilines is 2. The number of allylic oxidation sites excluding steroid dienone is 1. The molecular weight excluding hydrogens is 525 g/mol. The summed E-state index contributed by atoms with van der Waals surface area (Å²) in [5, 5.41) is 1.25. The maximum absolute atomic E-state index is 13.9. The summed E-state index contributed by atoms with van der Waals surface area (Å²) in [5.41, 5.74) is 2.01. The van der Waals surface area contributed by atoms with Crippen LogP contribution in [0.3, 0.4) is 0 Å². The number of carbonyl (C=O) groups excluding carboxylic acids is 1. The van der Waals surface area contributed by atoms with Gasteiger partial charge in [0.05, 0.1) is 12.8 Å². The van der Waals surface area contributed by atoms with Crippen molar-refractivity contribution in [3.63, 3.8) is 0 Å². The van der Waals surface area contributed by atoms with Gasteiger partial charge < -0.3 is 9.64 Å². The topological polar surface area (TPSA) is 58.0 Å². The Morgan fingerprint density at radius 3 is 2.43 bits per heavy atom. The van der Waals surface area contributed by atoms with Gasteiger partial charge in [0.25, 0.3) is 11.5 Å². The SMILES string of the molecule is C=CCn1c(=O)/c(=C2\Sc3ccc(OC)cc3N2CC)s/c1=C1/C(=O)N(CC)C(=S)N1c1ccccc1. The van der Waals surface area contributed by atoms with Crippen LogP contribution < -0.4 is 29.3 Å². The predicted octanol–water partition coefficient (Wildman–Crippen LogP) is 3.56. The average molecular weight is 551 g/mol. The smallest absolute Gasteiger partial charge is 0.280 e. The number of para-hydroxylation sites is 1. The van der Waals surface area contributed by atoms with Gasteiger partial charge in [0.2, 0.25) is 0 Å². The highest BCUT2D eigenvalue weighted by Crippen LogP contribution is 2.47. The molecule has 1 aromatic heterocycles. The molecule has 37 heavy (non-hydrogen) atoms. The third kappa shape index (κ3) is 4.09. The van der Waals surface area contributed by atoms with Gasteiger partial charge in [-0.2, -0.15) is 0 Å². The zero-order chi connectivity index (χ0) is 26.3. The molecule has 0 aliphatic carbocycles. The van der Waals surface area contributed by atoms with E-state index >= 15 is 0 Å². The molecule has 10 heteroatoms. The Balaban J connectivity index is 1.83. The van der Waals surface area contributed by atoms with Gasteiger partial charge in [0, 0.05) is 36.3 Å². The summed E-state index contributed by atoms with van der Waals surface area (Å²) in [6.07, 6.45) is 1.67. The number of hydrogen-bond donors (Lipinski definition) is 0. The van der Waals surface area contributed by atoms with Gasteiger partial charge in [-0.15, -0.1) is 17.9 Å². The first-order valence-electron chi connectivity index (χ1n) is 11.9. The summed E-state index contributed by atoms with van der Waals surface area (Å²) >= 11 is 8.62. The lowest BCUT2D eigenvalue weighted by molar-refractivity contribution is -0.120. The van der Waals surface area contributed by atoms with E-state index < -0.39 is 0 Å². The molecule has 0 saturated carbocycles. The molecule has 0 unspecified atom stereocenters. The minimum atomic E-state index is -0.216. The van der Waals surface area contributed by atoms with Gasteiger partial charge in [-0.05, 0) is 50.3 Å². The molecule has 3 aromatic rings. The molecule has 2 aliphatic heterocycles. The lowest BCUT2D eigenvalue weighted by Crippen LogP contribution is -2.36. The number of thioether (sulfide) groups is 1. The summed E-state index contributed by atoms with van der Waals surface area (Å²) in [4.78, 5) is 34.1. The van der Waals surface area contributed by atoms with Crippen LogP contribution in [0.2, 0.25) is 0 Å². The largest absolute Gasteiger partial charge is 0.497 e. The van der Waals surface area contributed by atoms with E-state index in [1.165, 1.54) is 11.3 Å². The Morgan fingerprint density at radius 2 is 1.78 bits per heavy atom. The number of aromatic nitrogens is 1. The fourth-order valence-corrected chi connectivity index (χ4v) is 7.42. The second-order valence-corrected chi connectivity index (χ2v) is 10.7. The van der Waals surface area contributed by atoms with Crippen molar-refractivity contribution >= 4 is 68.4 Å². The maximum atomic E-state index is 13.9. The van der Waals surface area contributed by atoms with E-state index in [1.54, 1.807) is 39.3 Å². The molecule has 5 rings (SSSR count). The van der Waals surface area contributed by atoms with Crippen molar-refractivity contribution in [1.29, 1.82) is 0 Å². The summed E-state index contributed by atoms with van der Waals surface area (Å²) < 4.78 is 8.20. The molecule has 0 bridgehead atoms. The molecule has 0 radical (unpaired) electrons. The molecule has 190 valence electrons. The Hall–Kier alpha value is -3.34. The van der Waals surface area contributed by atoms with Crippen LogP contribution >= 0.6 is 35.3 Å². The molecule has 3 heterocycles. The Bertz CT molecular complexity index is 1590. The number of nitrogens with zero attached hydrogens (tertiary/aromatic N) is 4. The summed E-state index contributed by atoms with van der Waals surface area (Å²) in [5.74, 6) is 0.542. The number of carbonyl (C=O) groups is 1. The van der Waals surface area contributed by atoms with Crippen LogP contribution in [0.5, 0.6) is 5.75 Å². The van der Waals surface area contributed by atoms with Crippen molar-refractivity contribution in [2.24, 2.45) is 0 Å². The van der Waals surface area contributed by atoms with Crippen molar-refractivity contribution in [2.45, 2.75) is 25.3 Å². The number of thiazole rings is 1. The number of hydrogen-bond acceptors (Lipinski definition) is 7. The number of rotatable bonds is 6. The van der Waals surface area contributed by atoms with Crippen LogP contribution in [-0.4, -0.2) is 40.7 Å². The van der Waals surface area contributed by atoms with Gasteiger partial charge in [0.15, 0.2) is 5.11 Å². The third-order valence-corrected chi connectivity index (χ3v) is 9.14. The normalized spacial score (nSPS) is 18.1. The first-order valence-corrected chi connectivity index (χ1v) is 13.9. The second kappa shape index (κ2) is 10.2. The fraction of sp³-hybridized carbons (Fsp3) is 0.222. The first kappa shape index (κ1) is 25.3. The lowest BCUT2D eigenvalue weighted by Gasteiger charge is -2.19. The standard InChI is InChI=1S/C27H26N4O3S3/c1-5-15-30-24(33)22(26-28(6-2)19-16-18(34-4)13-14-20(19)36-26)37-25(30)21-23(32)29(7-3)27(35)31(21)17-11-9-8-10-12-17/h5,8-14,16H,1,6-7,15H2,2-4H3/b25-21-,26-22+. The number of thiocarbonyl (C=S) groups is 1. The van der Waals surface area contributed by atoms with Crippen molar-refractivity contribution in [3.8, 4) is 5.75 Å². The van der Waals surface area contributed by atoms with E-state index in [1.807, 2.05) is 55.5 Å². The molecule has 2 aliphatic rings. The summed E-state index contributed by atoms with van der Waals surface area (Å²) in [6.45, 7) is 9.19. The highest BCUT2D eigenvalue weighted by Gasteiger charge is 2.40. The molecule has 1 saturated heterocycles. The van der Waals surface area contributed by atoms with Gasteiger partial charge in [-0.25, -0.2) is 0 Å². The van der Waals surface area contributed by atoms with E-state index in [0.29, 0.717) is 33.1 Å². The highest BCUT2D eigenvalue weighted by atomic mass is 32.2. The van der Waals surface area contributed by atoms with E-state index in [9.17, 15) is 9.59 Å². The minimum absolute atomic E-state index is 0.158. The zero-order valence-corrected chi connectivity index (χ0v) is 23.2. The molecule has 1 amide bonds. The predicted molar refractivity (Wildman–Crippen MR) is 156 cm³/mol. The van der Waals surface area contributed by atoms with Gasteiger partial charge in [-0.3, -0.25) is 24.0 Å². The average Bonchev–Trinajstić information content (AvgIpc) is 3.52. The molecule has 0 N–H and O–H groups in total. The number of fused-ring (bicyclic) bond motifs is 1. The van der Waals surface area contributed by atoms with Crippen LogP contribution in [0.25, 0.3) is 10.7 Å². The Kier molecular flexibility index (Phi) is 6.98. The van der Waals surface area contributed by atoms with Crippen molar-refractivity contribution in [3.05, 3.63) is 80.7 Å². The Morgan fingerprint density at radius 1 is 1.05 bits per heavy atom. The Labute approximate surface area is 228 Å². The maximum Gasteiger partial charge on any atom is 0.280 e. The van der Waals surface area contributed by atoms with Crippen LogP contribution in [0.1, 0.15) is 13.8 Å². The van der Waals surface area contributed by atoms with E-state index in [2.05, 4.69) is 18.4 Å². The molecular formula is C27H26N4O3S3. The van der Waals surface area contributed by atoms with Gasteiger partial charge >= 0.3 is 0 Å². The van der Waals surface area contributed by atoms with Crippen molar-refractivity contribution in [2.75, 3.05) is 30.0 Å². The second-order valence-electron chi connectivity index (χ2n) is 8.28. The highest BCUT2D eigenvalue weighted by molar-refractivity contribution is 8.08. The molecule has 0 atom stereocenters. The van der Waals surface area contributed by atoms with Crippen molar-refractivity contribution < 1.29 is 9.53 Å². The third-order valence-electron chi connectivity index (χ3n) is 6.24. The van der Waals surface area contributed by atoms with Gasteiger partial charge in [-0.1, -0.05) is 36.0 Å². The van der Waals surface area contributed by atoms with E-state index in [-0.39, 0.29) is 18.0 Å². The van der Waals surface area contributed by atoms with Gasteiger partial charge in [0.1, 0.15) is 25.7 Å². The fourth-order valence-electron chi connectivity index (χ4n) is 4.50. The number of methoxy groups -OCH3 is 1. The van der Waals surface area contributed by atoms with E-state index in [0.717, 1.165) is 27.0 Å². The number of amides is 1. The molecule has 7 nitrogen and oxygen atoms in total. The number of benzene rings is 2. The quantitative estimate of drug-likeness (QED) is 0.344. The number of ether oxygens (including phenoxy) is 1. The van der Waals surface area contributed by atoms with E-state index in [4.69, 9.17) is 17.0 Å². The molecule has 0 spiro atoms. The van der Waals surface area contributed by atoms with Crippen LogP contribution in [0.15, 0.2) is 70.9 Å². The molecule has 1 fully saturated rings. The summed E-state index contributed by atoms with van der Waals surface area (Å²) in [6, 6.07) is 15.5. The molecule has 2 aromatic carbocycles.